The molecule has 1 N–H and O–H groups in total. The van der Waals surface area contributed by atoms with Crippen molar-refractivity contribution in [1.29, 1.82) is 0 Å². The Morgan fingerprint density at radius 1 is 1.28 bits per heavy atom. The van der Waals surface area contributed by atoms with Gasteiger partial charge in [0.25, 0.3) is 0 Å². The maximum Gasteiger partial charge on any atom is 0.0694 e. The molecule has 3 unspecified atom stereocenters. The van der Waals surface area contributed by atoms with E-state index in [0.29, 0.717) is 18.1 Å². The molecule has 1 aromatic heterocycles. The second-order valence-electron chi connectivity index (χ2n) is 6.48. The second-order valence-corrected chi connectivity index (χ2v) is 6.48. The molecule has 1 saturated carbocycles. The zero-order chi connectivity index (χ0) is 12.9. The van der Waals surface area contributed by atoms with Gasteiger partial charge in [-0.05, 0) is 38.8 Å². The lowest BCUT2D eigenvalue weighted by molar-refractivity contribution is -0.180. The van der Waals surface area contributed by atoms with Crippen LogP contribution >= 0.6 is 0 Å². The first-order valence-electron chi connectivity index (χ1n) is 7.05. The summed E-state index contributed by atoms with van der Waals surface area (Å²) >= 11 is 0. The molecular weight excluding hydrogens is 224 g/mol. The molecule has 2 aliphatic rings. The van der Waals surface area contributed by atoms with Crippen LogP contribution in [0.5, 0.6) is 0 Å². The standard InChI is InChI=1S/C15H24N2O/c1-10-7-8-11(2)17(10)16-13-12-6-5-9-18-14(12)15(13,3)4/h7-8,12-14,16H,5-6,9H2,1-4H3. The molecule has 1 aliphatic heterocycles. The lowest BCUT2D eigenvalue weighted by Crippen LogP contribution is -2.68. The predicted octanol–water partition coefficient (Wildman–Crippen LogP) is 2.85. The second kappa shape index (κ2) is 4.02. The molecular formula is C15H24N2O. The first kappa shape index (κ1) is 12.1. The molecule has 3 rings (SSSR count). The van der Waals surface area contributed by atoms with Crippen LogP contribution in [-0.2, 0) is 4.74 Å². The summed E-state index contributed by atoms with van der Waals surface area (Å²) in [5.74, 6) is 0.676. The Balaban J connectivity index is 1.80. The van der Waals surface area contributed by atoms with Crippen LogP contribution in [0.25, 0.3) is 0 Å². The van der Waals surface area contributed by atoms with Gasteiger partial charge in [0.15, 0.2) is 0 Å². The first-order chi connectivity index (χ1) is 8.51. The van der Waals surface area contributed by atoms with Gasteiger partial charge >= 0.3 is 0 Å². The molecule has 3 nitrogen and oxygen atoms in total. The molecule has 0 amide bonds. The molecule has 3 atom stereocenters. The summed E-state index contributed by atoms with van der Waals surface area (Å²) in [6, 6.07) is 4.86. The van der Waals surface area contributed by atoms with Crippen LogP contribution in [0, 0.1) is 25.2 Å². The molecule has 2 heterocycles. The van der Waals surface area contributed by atoms with Crippen molar-refractivity contribution in [2.24, 2.45) is 11.3 Å². The average Bonchev–Trinajstić information content (AvgIpc) is 2.66. The van der Waals surface area contributed by atoms with E-state index in [4.69, 9.17) is 4.74 Å². The van der Waals surface area contributed by atoms with Crippen LogP contribution in [0.15, 0.2) is 12.1 Å². The third kappa shape index (κ3) is 1.60. The minimum atomic E-state index is 0.230. The topological polar surface area (TPSA) is 26.2 Å². The van der Waals surface area contributed by atoms with Crippen LogP contribution in [0.3, 0.4) is 0 Å². The minimum Gasteiger partial charge on any atom is -0.377 e. The first-order valence-corrected chi connectivity index (χ1v) is 7.05. The predicted molar refractivity (Wildman–Crippen MR) is 73.3 cm³/mol. The number of nitrogens with one attached hydrogen (secondary N) is 1. The molecule has 0 spiro atoms. The Hall–Kier alpha value is -0.960. The van der Waals surface area contributed by atoms with Crippen LogP contribution in [0.2, 0.25) is 0 Å². The van der Waals surface area contributed by atoms with E-state index in [1.165, 1.54) is 24.2 Å². The van der Waals surface area contributed by atoms with Crippen LogP contribution in [0.4, 0.5) is 0 Å². The van der Waals surface area contributed by atoms with Crippen molar-refractivity contribution in [3.05, 3.63) is 23.5 Å². The highest BCUT2D eigenvalue weighted by Gasteiger charge is 2.58. The summed E-state index contributed by atoms with van der Waals surface area (Å²) in [4.78, 5) is 0. The van der Waals surface area contributed by atoms with E-state index in [2.05, 4.69) is 49.9 Å². The van der Waals surface area contributed by atoms with Gasteiger partial charge in [-0.2, -0.15) is 0 Å². The number of hydrogen-bond donors (Lipinski definition) is 1. The summed E-state index contributed by atoms with van der Waals surface area (Å²) in [7, 11) is 0. The van der Waals surface area contributed by atoms with Gasteiger partial charge in [-0.1, -0.05) is 13.8 Å². The smallest absolute Gasteiger partial charge is 0.0694 e. The zero-order valence-electron chi connectivity index (χ0n) is 11.9. The summed E-state index contributed by atoms with van der Waals surface area (Å²) in [6.07, 6.45) is 2.95. The Bertz CT molecular complexity index is 430. The van der Waals surface area contributed by atoms with Crippen molar-refractivity contribution >= 4 is 0 Å². The Morgan fingerprint density at radius 3 is 2.61 bits per heavy atom. The monoisotopic (exact) mass is 248 g/mol. The highest BCUT2D eigenvalue weighted by molar-refractivity contribution is 5.21. The highest BCUT2D eigenvalue weighted by atomic mass is 16.5. The molecule has 0 aromatic carbocycles. The van der Waals surface area contributed by atoms with Gasteiger partial charge in [0, 0.05) is 29.3 Å². The van der Waals surface area contributed by atoms with Gasteiger partial charge in [-0.15, -0.1) is 0 Å². The van der Waals surface area contributed by atoms with Crippen molar-refractivity contribution in [3.8, 4) is 0 Å². The fraction of sp³-hybridized carbons (Fsp3) is 0.733. The van der Waals surface area contributed by atoms with E-state index in [1.54, 1.807) is 0 Å². The fourth-order valence-corrected chi connectivity index (χ4v) is 3.80. The van der Waals surface area contributed by atoms with Crippen molar-refractivity contribution in [3.63, 3.8) is 0 Å². The lowest BCUT2D eigenvalue weighted by atomic mass is 9.55. The van der Waals surface area contributed by atoms with Crippen molar-refractivity contribution in [1.82, 2.24) is 4.68 Å². The van der Waals surface area contributed by atoms with Crippen molar-refractivity contribution in [2.75, 3.05) is 12.0 Å². The lowest BCUT2D eigenvalue weighted by Gasteiger charge is -2.60. The maximum atomic E-state index is 5.95. The Labute approximate surface area is 109 Å². The van der Waals surface area contributed by atoms with Gasteiger partial charge in [0.1, 0.15) is 0 Å². The normalized spacial score (nSPS) is 33.7. The van der Waals surface area contributed by atoms with Gasteiger partial charge in [0.05, 0.1) is 12.1 Å². The summed E-state index contributed by atoms with van der Waals surface area (Å²) in [5.41, 5.74) is 6.51. The zero-order valence-corrected chi connectivity index (χ0v) is 11.9. The molecule has 1 saturated heterocycles. The van der Waals surface area contributed by atoms with E-state index in [1.807, 2.05) is 0 Å². The summed E-state index contributed by atoms with van der Waals surface area (Å²) in [5, 5.41) is 0. The molecule has 1 aliphatic carbocycles. The SMILES string of the molecule is Cc1ccc(C)n1NC1C2CCCOC2C1(C)C. The van der Waals surface area contributed by atoms with E-state index in [9.17, 15) is 0 Å². The summed E-state index contributed by atoms with van der Waals surface area (Å²) in [6.45, 7) is 9.90. The van der Waals surface area contributed by atoms with Crippen LogP contribution < -0.4 is 5.43 Å². The molecule has 1 aromatic rings. The fourth-order valence-electron chi connectivity index (χ4n) is 3.80. The van der Waals surface area contributed by atoms with Crippen molar-refractivity contribution < 1.29 is 4.74 Å². The number of ether oxygens (including phenoxy) is 1. The number of aryl methyl sites for hydroxylation is 2. The Morgan fingerprint density at radius 2 is 1.94 bits per heavy atom. The third-order valence-electron chi connectivity index (χ3n) is 4.87. The van der Waals surface area contributed by atoms with E-state index >= 15 is 0 Å². The van der Waals surface area contributed by atoms with Gasteiger partial charge in [-0.3, -0.25) is 4.68 Å². The average molecular weight is 248 g/mol. The third-order valence-corrected chi connectivity index (χ3v) is 4.87. The number of hydrogen-bond acceptors (Lipinski definition) is 2. The maximum absolute atomic E-state index is 5.95. The largest absolute Gasteiger partial charge is 0.377 e. The molecule has 100 valence electrons. The summed E-state index contributed by atoms with van der Waals surface area (Å²) < 4.78 is 8.19. The highest BCUT2D eigenvalue weighted by Crippen LogP contribution is 2.51. The van der Waals surface area contributed by atoms with E-state index in [-0.39, 0.29) is 5.41 Å². The number of fused-ring (bicyclic) bond motifs is 1. The van der Waals surface area contributed by atoms with Gasteiger partial charge < -0.3 is 10.2 Å². The van der Waals surface area contributed by atoms with Gasteiger partial charge in [-0.25, -0.2) is 0 Å². The van der Waals surface area contributed by atoms with Crippen molar-refractivity contribution in [2.45, 2.75) is 52.7 Å². The van der Waals surface area contributed by atoms with Crippen LogP contribution in [0.1, 0.15) is 38.1 Å². The minimum absolute atomic E-state index is 0.230. The van der Waals surface area contributed by atoms with Gasteiger partial charge in [0.2, 0.25) is 0 Å². The number of aromatic nitrogens is 1. The van der Waals surface area contributed by atoms with E-state index in [0.717, 1.165) is 6.61 Å². The molecule has 18 heavy (non-hydrogen) atoms. The van der Waals surface area contributed by atoms with E-state index < -0.39 is 0 Å². The molecule has 0 radical (unpaired) electrons. The Kier molecular flexibility index (Phi) is 2.70. The number of nitrogens with zero attached hydrogens (tertiary/aromatic N) is 1. The molecule has 2 fully saturated rings. The number of rotatable bonds is 2. The van der Waals surface area contributed by atoms with Crippen LogP contribution in [-0.4, -0.2) is 23.4 Å². The molecule has 3 heteroatoms. The molecule has 0 bridgehead atoms. The quantitative estimate of drug-likeness (QED) is 0.871.